The normalized spacial score (nSPS) is 20.9. The zero-order valence-corrected chi connectivity index (χ0v) is 12.8. The average molecular weight is 307 g/mol. The highest BCUT2D eigenvalue weighted by Crippen LogP contribution is 2.41. The Morgan fingerprint density at radius 3 is 2.55 bits per heavy atom. The topological polar surface area (TPSA) is 77.7 Å². The smallest absolute Gasteiger partial charge is 0.331 e. The Labute approximate surface area is 129 Å². The summed E-state index contributed by atoms with van der Waals surface area (Å²) in [6, 6.07) is 3.18. The molecule has 0 atom stereocenters. The predicted octanol–water partition coefficient (Wildman–Crippen LogP) is 2.40. The lowest BCUT2D eigenvalue weighted by Crippen LogP contribution is -2.43. The Hall–Kier alpha value is -1.89. The summed E-state index contributed by atoms with van der Waals surface area (Å²) in [5.41, 5.74) is 0.323. The van der Waals surface area contributed by atoms with Crippen LogP contribution in [0.3, 0.4) is 0 Å². The van der Waals surface area contributed by atoms with E-state index in [-0.39, 0.29) is 11.6 Å². The van der Waals surface area contributed by atoms with Gasteiger partial charge in [0, 0.05) is 32.4 Å². The number of nitrogens with zero attached hydrogens (tertiary/aromatic N) is 3. The third-order valence-electron chi connectivity index (χ3n) is 4.92. The minimum atomic E-state index is -0.469. The van der Waals surface area contributed by atoms with Crippen LogP contribution in [0.1, 0.15) is 25.7 Å². The largest absolute Gasteiger partial charge is 0.476 e. The minimum absolute atomic E-state index is 0.0776. The highest BCUT2D eigenvalue weighted by atomic mass is 16.6. The molecule has 1 spiro atoms. The summed E-state index contributed by atoms with van der Waals surface area (Å²) in [6.07, 6.45) is 4.52. The van der Waals surface area contributed by atoms with Crippen molar-refractivity contribution in [1.82, 2.24) is 4.98 Å². The first-order valence-electron chi connectivity index (χ1n) is 7.66. The molecule has 2 aliphatic rings. The van der Waals surface area contributed by atoms with Crippen molar-refractivity contribution < 1.29 is 14.4 Å². The highest BCUT2D eigenvalue weighted by molar-refractivity contribution is 5.50. The fraction of sp³-hybridized carbons (Fsp3) is 0.667. The summed E-state index contributed by atoms with van der Waals surface area (Å²) >= 11 is 0. The Morgan fingerprint density at radius 2 is 1.95 bits per heavy atom. The summed E-state index contributed by atoms with van der Waals surface area (Å²) in [6.45, 7) is 3.58. The summed E-state index contributed by atoms with van der Waals surface area (Å²) in [7, 11) is 1.41. The molecule has 120 valence electrons. The van der Waals surface area contributed by atoms with Crippen molar-refractivity contribution in [2.45, 2.75) is 25.7 Å². The molecule has 2 aliphatic heterocycles. The van der Waals surface area contributed by atoms with Crippen LogP contribution in [0.5, 0.6) is 5.88 Å². The van der Waals surface area contributed by atoms with Gasteiger partial charge in [-0.25, -0.2) is 0 Å². The molecule has 2 saturated heterocycles. The number of anilines is 1. The molecule has 0 radical (unpaired) electrons. The number of rotatable bonds is 3. The summed E-state index contributed by atoms with van der Waals surface area (Å²) < 4.78 is 10.5. The third kappa shape index (κ3) is 2.85. The first-order valence-corrected chi connectivity index (χ1v) is 7.66. The van der Waals surface area contributed by atoms with Crippen LogP contribution in [-0.2, 0) is 4.74 Å². The van der Waals surface area contributed by atoms with Crippen LogP contribution in [0.4, 0.5) is 11.5 Å². The number of piperidine rings is 1. The molecular weight excluding hydrogens is 286 g/mol. The van der Waals surface area contributed by atoms with E-state index in [9.17, 15) is 10.1 Å². The molecule has 22 heavy (non-hydrogen) atoms. The van der Waals surface area contributed by atoms with Crippen LogP contribution < -0.4 is 9.64 Å². The summed E-state index contributed by atoms with van der Waals surface area (Å²) in [4.78, 5) is 17.0. The molecule has 0 aromatic carbocycles. The Balaban J connectivity index is 1.72. The van der Waals surface area contributed by atoms with Crippen molar-refractivity contribution in [3.05, 3.63) is 22.2 Å². The van der Waals surface area contributed by atoms with E-state index in [1.54, 1.807) is 6.07 Å². The quantitative estimate of drug-likeness (QED) is 0.630. The van der Waals surface area contributed by atoms with Crippen LogP contribution in [0, 0.1) is 15.5 Å². The van der Waals surface area contributed by atoms with Crippen molar-refractivity contribution in [2.24, 2.45) is 5.41 Å². The summed E-state index contributed by atoms with van der Waals surface area (Å²) in [5, 5.41) is 10.9. The van der Waals surface area contributed by atoms with Gasteiger partial charge in [-0.3, -0.25) is 10.1 Å². The second kappa shape index (κ2) is 6.08. The molecule has 0 saturated carbocycles. The maximum atomic E-state index is 10.9. The lowest BCUT2D eigenvalue weighted by molar-refractivity contribution is -0.386. The van der Waals surface area contributed by atoms with Gasteiger partial charge in [0.15, 0.2) is 0 Å². The molecule has 7 heteroatoms. The molecule has 7 nitrogen and oxygen atoms in total. The van der Waals surface area contributed by atoms with Crippen molar-refractivity contribution in [3.63, 3.8) is 0 Å². The minimum Gasteiger partial charge on any atom is -0.476 e. The lowest BCUT2D eigenvalue weighted by atomic mass is 9.72. The highest BCUT2D eigenvalue weighted by Gasteiger charge is 2.36. The number of pyridine rings is 1. The molecule has 0 N–H and O–H groups in total. The van der Waals surface area contributed by atoms with Crippen LogP contribution in [-0.4, -0.2) is 43.3 Å². The average Bonchev–Trinajstić information content (AvgIpc) is 2.55. The van der Waals surface area contributed by atoms with E-state index in [1.807, 2.05) is 0 Å². The van der Waals surface area contributed by atoms with Gasteiger partial charge >= 0.3 is 5.69 Å². The molecule has 0 unspecified atom stereocenters. The van der Waals surface area contributed by atoms with Crippen LogP contribution >= 0.6 is 0 Å². The first-order chi connectivity index (χ1) is 10.6. The summed E-state index contributed by atoms with van der Waals surface area (Å²) in [5.74, 6) is 0.832. The van der Waals surface area contributed by atoms with Gasteiger partial charge in [0.05, 0.1) is 12.0 Å². The van der Waals surface area contributed by atoms with Gasteiger partial charge in [0.25, 0.3) is 5.88 Å². The number of methoxy groups -OCH3 is 1. The lowest BCUT2D eigenvalue weighted by Gasteiger charge is -2.44. The van der Waals surface area contributed by atoms with Gasteiger partial charge in [-0.1, -0.05) is 0 Å². The van der Waals surface area contributed by atoms with Crippen molar-refractivity contribution in [1.29, 1.82) is 0 Å². The fourth-order valence-corrected chi connectivity index (χ4v) is 3.40. The van der Waals surface area contributed by atoms with Crippen molar-refractivity contribution in [3.8, 4) is 5.88 Å². The van der Waals surface area contributed by atoms with E-state index >= 15 is 0 Å². The molecule has 0 amide bonds. The zero-order valence-electron chi connectivity index (χ0n) is 12.8. The number of nitro groups is 1. The number of hydrogen-bond donors (Lipinski definition) is 0. The molecule has 3 heterocycles. The molecule has 3 rings (SSSR count). The predicted molar refractivity (Wildman–Crippen MR) is 81.4 cm³/mol. The molecule has 1 aromatic heterocycles. The van der Waals surface area contributed by atoms with Crippen LogP contribution in [0.2, 0.25) is 0 Å². The Bertz CT molecular complexity index is 548. The SMILES string of the molecule is COc1nc(N2CCC3(CCOCC3)CC2)ccc1[N+](=O)[O-]. The van der Waals surface area contributed by atoms with Crippen LogP contribution in [0.15, 0.2) is 12.1 Å². The van der Waals surface area contributed by atoms with Gasteiger partial charge in [-0.05, 0) is 37.2 Å². The molecule has 1 aromatic rings. The van der Waals surface area contributed by atoms with Crippen molar-refractivity contribution >= 4 is 11.5 Å². The van der Waals surface area contributed by atoms with Gasteiger partial charge in [-0.2, -0.15) is 4.98 Å². The van der Waals surface area contributed by atoms with Crippen molar-refractivity contribution in [2.75, 3.05) is 38.3 Å². The van der Waals surface area contributed by atoms with E-state index in [0.29, 0.717) is 5.41 Å². The van der Waals surface area contributed by atoms with E-state index in [2.05, 4.69) is 9.88 Å². The van der Waals surface area contributed by atoms with Gasteiger partial charge in [-0.15, -0.1) is 0 Å². The monoisotopic (exact) mass is 307 g/mol. The van der Waals surface area contributed by atoms with Gasteiger partial charge in [0.2, 0.25) is 0 Å². The van der Waals surface area contributed by atoms with Gasteiger partial charge in [0.1, 0.15) is 5.82 Å². The molecule has 0 bridgehead atoms. The second-order valence-corrected chi connectivity index (χ2v) is 6.05. The van der Waals surface area contributed by atoms with E-state index in [1.165, 1.54) is 13.2 Å². The standard InChI is InChI=1S/C15H21N3O4/c1-21-14-12(18(19)20)2-3-13(16-14)17-8-4-15(5-9-17)6-10-22-11-7-15/h2-3H,4-11H2,1H3. The van der Waals surface area contributed by atoms with Crippen LogP contribution in [0.25, 0.3) is 0 Å². The molecule has 0 aliphatic carbocycles. The molecular formula is C15H21N3O4. The zero-order chi connectivity index (χ0) is 15.6. The van der Waals surface area contributed by atoms with E-state index in [0.717, 1.165) is 57.8 Å². The molecule has 2 fully saturated rings. The third-order valence-corrected chi connectivity index (χ3v) is 4.92. The number of ether oxygens (including phenoxy) is 2. The Kier molecular flexibility index (Phi) is 4.15. The maximum Gasteiger partial charge on any atom is 0.331 e. The number of aromatic nitrogens is 1. The fourth-order valence-electron chi connectivity index (χ4n) is 3.40. The second-order valence-electron chi connectivity index (χ2n) is 6.05. The number of hydrogen-bond acceptors (Lipinski definition) is 6. The maximum absolute atomic E-state index is 10.9. The van der Waals surface area contributed by atoms with Gasteiger partial charge < -0.3 is 14.4 Å². The van der Waals surface area contributed by atoms with E-state index in [4.69, 9.17) is 9.47 Å². The first kappa shape index (κ1) is 15.0. The Morgan fingerprint density at radius 1 is 1.27 bits per heavy atom. The van der Waals surface area contributed by atoms with E-state index < -0.39 is 4.92 Å².